The van der Waals surface area contributed by atoms with Gasteiger partial charge in [0.05, 0.1) is 0 Å². The van der Waals surface area contributed by atoms with Gasteiger partial charge in [0.1, 0.15) is 5.41 Å². The highest BCUT2D eigenvalue weighted by Crippen LogP contribution is 2.34. The minimum Gasteiger partial charge on any atom is -0.277 e. The van der Waals surface area contributed by atoms with Gasteiger partial charge in [0.25, 0.3) is 0 Å². The van der Waals surface area contributed by atoms with Crippen LogP contribution in [0.4, 0.5) is 4.79 Å². The van der Waals surface area contributed by atoms with Crippen molar-refractivity contribution in [3.05, 3.63) is 0 Å². The molecule has 1 aliphatic rings. The van der Waals surface area contributed by atoms with Gasteiger partial charge < -0.3 is 0 Å². The van der Waals surface area contributed by atoms with Crippen LogP contribution in [0.5, 0.6) is 0 Å². The monoisotopic (exact) mass is 212 g/mol. The third-order valence-electron chi connectivity index (χ3n) is 3.34. The van der Waals surface area contributed by atoms with Crippen molar-refractivity contribution >= 4 is 17.8 Å². The van der Waals surface area contributed by atoms with Gasteiger partial charge >= 0.3 is 6.03 Å². The first-order valence-electron chi connectivity index (χ1n) is 4.99. The Morgan fingerprint density at radius 1 is 1.40 bits per heavy atom. The molecule has 0 aliphatic carbocycles. The summed E-state index contributed by atoms with van der Waals surface area (Å²) in [5.74, 6) is -1.02. The molecule has 0 aromatic heterocycles. The first-order chi connectivity index (χ1) is 6.85. The third kappa shape index (κ3) is 1.52. The molecule has 0 bridgehead atoms. The largest absolute Gasteiger partial charge is 0.330 e. The number of amides is 4. The number of hydrogen-bond donors (Lipinski definition) is 1. The Bertz CT molecular complexity index is 327. The lowest BCUT2D eigenvalue weighted by molar-refractivity contribution is -0.153. The van der Waals surface area contributed by atoms with E-state index in [-0.39, 0.29) is 5.92 Å². The predicted octanol–water partition coefficient (Wildman–Crippen LogP) is 0.747. The van der Waals surface area contributed by atoms with E-state index in [1.165, 1.54) is 7.05 Å². The van der Waals surface area contributed by atoms with Gasteiger partial charge in [0.2, 0.25) is 11.8 Å². The van der Waals surface area contributed by atoms with Crippen LogP contribution < -0.4 is 5.32 Å². The molecule has 1 N–H and O–H groups in total. The lowest BCUT2D eigenvalue weighted by Crippen LogP contribution is -2.63. The van der Waals surface area contributed by atoms with Crippen molar-refractivity contribution in [2.24, 2.45) is 11.3 Å². The van der Waals surface area contributed by atoms with Crippen LogP contribution in [0.2, 0.25) is 0 Å². The first-order valence-corrected chi connectivity index (χ1v) is 4.99. The van der Waals surface area contributed by atoms with Crippen LogP contribution in [0.1, 0.15) is 27.2 Å². The molecule has 84 valence electrons. The normalized spacial score (nSPS) is 29.1. The van der Waals surface area contributed by atoms with Gasteiger partial charge in [-0.15, -0.1) is 0 Å². The second-order valence-corrected chi connectivity index (χ2v) is 4.14. The fourth-order valence-corrected chi connectivity index (χ4v) is 1.69. The number of rotatable bonds is 2. The van der Waals surface area contributed by atoms with E-state index in [1.807, 2.05) is 13.8 Å². The summed E-state index contributed by atoms with van der Waals surface area (Å²) in [4.78, 5) is 35.8. The molecule has 5 nitrogen and oxygen atoms in total. The van der Waals surface area contributed by atoms with Crippen molar-refractivity contribution in [1.82, 2.24) is 10.2 Å². The predicted molar refractivity (Wildman–Crippen MR) is 53.9 cm³/mol. The molecule has 2 atom stereocenters. The summed E-state index contributed by atoms with van der Waals surface area (Å²) in [6, 6.07) is -0.647. The molecular weight excluding hydrogens is 196 g/mol. The highest BCUT2D eigenvalue weighted by Gasteiger charge is 2.51. The number of nitrogens with zero attached hydrogens (tertiary/aromatic N) is 1. The zero-order valence-corrected chi connectivity index (χ0v) is 9.46. The Morgan fingerprint density at radius 3 is 2.40 bits per heavy atom. The van der Waals surface area contributed by atoms with Crippen LogP contribution in [0, 0.1) is 11.3 Å². The van der Waals surface area contributed by atoms with Gasteiger partial charge in [-0.3, -0.25) is 19.8 Å². The van der Waals surface area contributed by atoms with Crippen molar-refractivity contribution in [3.63, 3.8) is 0 Å². The number of carbonyl (C=O) groups is 3. The molecule has 1 heterocycles. The number of urea groups is 1. The van der Waals surface area contributed by atoms with Crippen LogP contribution in [0.3, 0.4) is 0 Å². The Kier molecular flexibility index (Phi) is 2.83. The first kappa shape index (κ1) is 11.7. The quantitative estimate of drug-likeness (QED) is 0.687. The van der Waals surface area contributed by atoms with E-state index in [4.69, 9.17) is 0 Å². The zero-order chi connectivity index (χ0) is 11.8. The molecule has 1 saturated heterocycles. The third-order valence-corrected chi connectivity index (χ3v) is 3.34. The highest BCUT2D eigenvalue weighted by molar-refractivity contribution is 6.18. The van der Waals surface area contributed by atoms with E-state index in [2.05, 4.69) is 5.32 Å². The SMILES string of the molecule is CCC(C)C1(C)C(=O)NC(=O)N(C)C1=O. The van der Waals surface area contributed by atoms with Gasteiger partial charge in [0, 0.05) is 7.05 Å². The Hall–Kier alpha value is -1.39. The zero-order valence-electron chi connectivity index (χ0n) is 9.46. The van der Waals surface area contributed by atoms with Crippen LogP contribution >= 0.6 is 0 Å². The lowest BCUT2D eigenvalue weighted by atomic mass is 9.74. The van der Waals surface area contributed by atoms with E-state index in [9.17, 15) is 14.4 Å². The maximum absolute atomic E-state index is 11.9. The summed E-state index contributed by atoms with van der Waals surface area (Å²) in [7, 11) is 1.38. The van der Waals surface area contributed by atoms with Gasteiger partial charge in [-0.1, -0.05) is 20.3 Å². The average molecular weight is 212 g/mol. The molecule has 0 aromatic carbocycles. The summed E-state index contributed by atoms with van der Waals surface area (Å²) in [5, 5.41) is 2.19. The number of hydrogen-bond acceptors (Lipinski definition) is 3. The molecule has 0 saturated carbocycles. The molecule has 5 heteroatoms. The van der Waals surface area contributed by atoms with Gasteiger partial charge in [0.15, 0.2) is 0 Å². The molecule has 0 spiro atoms. The highest BCUT2D eigenvalue weighted by atomic mass is 16.2. The lowest BCUT2D eigenvalue weighted by Gasteiger charge is -2.38. The average Bonchev–Trinajstić information content (AvgIpc) is 2.22. The minimum absolute atomic E-state index is 0.0967. The topological polar surface area (TPSA) is 66.5 Å². The summed E-state index contributed by atoms with van der Waals surface area (Å²) in [6.45, 7) is 5.33. The molecular formula is C10H16N2O3. The number of imide groups is 2. The minimum atomic E-state index is -1.13. The van der Waals surface area contributed by atoms with Crippen molar-refractivity contribution in [2.45, 2.75) is 27.2 Å². The van der Waals surface area contributed by atoms with Gasteiger partial charge in [-0.05, 0) is 12.8 Å². The molecule has 1 fully saturated rings. The van der Waals surface area contributed by atoms with Crippen LogP contribution in [0.15, 0.2) is 0 Å². The van der Waals surface area contributed by atoms with Crippen LogP contribution in [0.25, 0.3) is 0 Å². The maximum Gasteiger partial charge on any atom is 0.330 e. The van der Waals surface area contributed by atoms with E-state index < -0.39 is 23.3 Å². The smallest absolute Gasteiger partial charge is 0.277 e. The second-order valence-electron chi connectivity index (χ2n) is 4.14. The second kappa shape index (κ2) is 3.64. The number of nitrogens with one attached hydrogen (secondary N) is 1. The van der Waals surface area contributed by atoms with Crippen LogP contribution in [-0.2, 0) is 9.59 Å². The Labute approximate surface area is 88.8 Å². The molecule has 1 aliphatic heterocycles. The van der Waals surface area contributed by atoms with Crippen LogP contribution in [-0.4, -0.2) is 29.8 Å². The van der Waals surface area contributed by atoms with E-state index in [1.54, 1.807) is 6.92 Å². The van der Waals surface area contributed by atoms with Crippen molar-refractivity contribution in [3.8, 4) is 0 Å². The Morgan fingerprint density at radius 2 is 1.93 bits per heavy atom. The summed E-state index contributed by atoms with van der Waals surface area (Å²) in [5.41, 5.74) is -1.13. The van der Waals surface area contributed by atoms with Crippen molar-refractivity contribution in [1.29, 1.82) is 0 Å². The summed E-state index contributed by atoms with van der Waals surface area (Å²) >= 11 is 0. The molecule has 2 unspecified atom stereocenters. The maximum atomic E-state index is 11.9. The molecule has 1 rings (SSSR count). The summed E-state index contributed by atoms with van der Waals surface area (Å²) in [6.07, 6.45) is 0.706. The summed E-state index contributed by atoms with van der Waals surface area (Å²) < 4.78 is 0. The van der Waals surface area contributed by atoms with Crippen molar-refractivity contribution < 1.29 is 14.4 Å². The van der Waals surface area contributed by atoms with E-state index >= 15 is 0 Å². The molecule has 0 aromatic rings. The Balaban J connectivity index is 3.12. The standard InChI is InChI=1S/C10H16N2O3/c1-5-6(2)10(3)7(13)11-9(15)12(4)8(10)14/h6H,5H2,1-4H3,(H,11,13,15). The van der Waals surface area contributed by atoms with E-state index in [0.717, 1.165) is 4.90 Å². The fraction of sp³-hybridized carbons (Fsp3) is 0.700. The van der Waals surface area contributed by atoms with Gasteiger partial charge in [-0.2, -0.15) is 0 Å². The number of carbonyl (C=O) groups excluding carboxylic acids is 3. The van der Waals surface area contributed by atoms with Gasteiger partial charge in [-0.25, -0.2) is 4.79 Å². The number of barbiturate groups is 1. The van der Waals surface area contributed by atoms with Crippen molar-refractivity contribution in [2.75, 3.05) is 7.05 Å². The molecule has 0 radical (unpaired) electrons. The molecule has 4 amide bonds. The van der Waals surface area contributed by atoms with E-state index in [0.29, 0.717) is 6.42 Å². The molecule has 15 heavy (non-hydrogen) atoms. The fourth-order valence-electron chi connectivity index (χ4n) is 1.69.